The van der Waals surface area contributed by atoms with Crippen molar-refractivity contribution in [1.29, 1.82) is 0 Å². The number of para-hydroxylation sites is 2. The maximum absolute atomic E-state index is 13.3. The topological polar surface area (TPSA) is 143 Å². The predicted octanol–water partition coefficient (Wildman–Crippen LogP) is 3.28. The van der Waals surface area contributed by atoms with Crippen molar-refractivity contribution in [3.8, 4) is 18.1 Å². The smallest absolute Gasteiger partial charge is 0.286 e. The number of imidazole rings is 1. The number of carbonyl (C=O) groups is 1. The standard InChI is InChI=1S/C33H34N4O7S/c1-3-23-8-10-24(11-9-23)25-20-30(33(39)34-22-31-35-28-6-4-5-7-29(28)36-31)44-32(21-25)43-19-17-37(16-18-38)45(40,41)27-14-12-26(42-2)13-15-27/h1,4-15,20,25,32,38H,16-19,21-22H2,2H3,(H,34,39)(H,35,36)/t25-,32+/m1/s1. The molecule has 5 rings (SSSR count). The van der Waals surface area contributed by atoms with E-state index in [4.69, 9.17) is 20.6 Å². The number of benzene rings is 3. The molecule has 0 aliphatic carbocycles. The molecule has 234 valence electrons. The lowest BCUT2D eigenvalue weighted by molar-refractivity contribution is -0.146. The predicted molar refractivity (Wildman–Crippen MR) is 167 cm³/mol. The summed E-state index contributed by atoms with van der Waals surface area (Å²) in [7, 11) is -2.43. The summed E-state index contributed by atoms with van der Waals surface area (Å²) in [6.07, 6.45) is 6.79. The molecular formula is C33H34N4O7S. The number of aliphatic hydroxyl groups excluding tert-OH is 1. The number of methoxy groups -OCH3 is 1. The van der Waals surface area contributed by atoms with Crippen molar-refractivity contribution in [3.63, 3.8) is 0 Å². The molecule has 0 fully saturated rings. The Balaban J connectivity index is 1.28. The second-order valence-electron chi connectivity index (χ2n) is 10.2. The first-order chi connectivity index (χ1) is 21.8. The number of aromatic amines is 1. The molecule has 0 bridgehead atoms. The molecule has 1 aliphatic rings. The van der Waals surface area contributed by atoms with E-state index in [0.29, 0.717) is 18.0 Å². The van der Waals surface area contributed by atoms with Gasteiger partial charge in [0.05, 0.1) is 42.8 Å². The van der Waals surface area contributed by atoms with Gasteiger partial charge >= 0.3 is 0 Å². The van der Waals surface area contributed by atoms with Crippen molar-refractivity contribution in [2.75, 3.05) is 33.4 Å². The van der Waals surface area contributed by atoms with Crippen molar-refractivity contribution in [3.05, 3.63) is 102 Å². The van der Waals surface area contributed by atoms with Crippen LogP contribution in [0, 0.1) is 12.3 Å². The Morgan fingerprint density at radius 2 is 1.89 bits per heavy atom. The minimum absolute atomic E-state index is 0.0450. The first-order valence-electron chi connectivity index (χ1n) is 14.3. The van der Waals surface area contributed by atoms with Crippen LogP contribution in [0.4, 0.5) is 0 Å². The highest BCUT2D eigenvalue weighted by Crippen LogP contribution is 2.32. The number of terminal acetylenes is 1. The van der Waals surface area contributed by atoms with Crippen LogP contribution in [0.2, 0.25) is 0 Å². The molecule has 2 atom stereocenters. The molecule has 3 aromatic carbocycles. The SMILES string of the molecule is C#Cc1ccc([C@@H]2C=C(C(=O)NCc3nc4ccccc4[nH]3)O[C@H](OCCN(CCO)S(=O)(=O)c3ccc(OC)cc3)C2)cc1. The summed E-state index contributed by atoms with van der Waals surface area (Å²) in [5.41, 5.74) is 3.30. The molecule has 11 nitrogen and oxygen atoms in total. The summed E-state index contributed by atoms with van der Waals surface area (Å²) in [4.78, 5) is 21.0. The van der Waals surface area contributed by atoms with E-state index >= 15 is 0 Å². The summed E-state index contributed by atoms with van der Waals surface area (Å²) < 4.78 is 44.8. The highest BCUT2D eigenvalue weighted by molar-refractivity contribution is 7.89. The molecular weight excluding hydrogens is 596 g/mol. The van der Waals surface area contributed by atoms with Gasteiger partial charge in [-0.25, -0.2) is 13.4 Å². The van der Waals surface area contributed by atoms with Crippen LogP contribution in [0.3, 0.4) is 0 Å². The van der Waals surface area contributed by atoms with Gasteiger partial charge in [0.25, 0.3) is 5.91 Å². The summed E-state index contributed by atoms with van der Waals surface area (Å²) in [5.74, 6) is 3.11. The number of rotatable bonds is 13. The van der Waals surface area contributed by atoms with Gasteiger partial charge in [-0.15, -0.1) is 6.42 Å². The maximum Gasteiger partial charge on any atom is 0.286 e. The van der Waals surface area contributed by atoms with Gasteiger partial charge in [0.1, 0.15) is 11.6 Å². The zero-order valence-electron chi connectivity index (χ0n) is 24.7. The van der Waals surface area contributed by atoms with Crippen LogP contribution >= 0.6 is 0 Å². The first kappa shape index (κ1) is 31.7. The van der Waals surface area contributed by atoms with Gasteiger partial charge in [0, 0.05) is 31.0 Å². The van der Waals surface area contributed by atoms with E-state index < -0.39 is 22.2 Å². The lowest BCUT2D eigenvalue weighted by atomic mass is 9.92. The second-order valence-corrected chi connectivity index (χ2v) is 12.2. The number of H-pyrrole nitrogens is 1. The van der Waals surface area contributed by atoms with Gasteiger partial charge in [-0.1, -0.05) is 30.2 Å². The molecule has 0 unspecified atom stereocenters. The van der Waals surface area contributed by atoms with Gasteiger partial charge in [-0.2, -0.15) is 4.31 Å². The molecule has 12 heteroatoms. The van der Waals surface area contributed by atoms with Crippen molar-refractivity contribution >= 4 is 27.0 Å². The van der Waals surface area contributed by atoms with Crippen LogP contribution in [-0.2, 0) is 30.8 Å². The van der Waals surface area contributed by atoms with Crippen LogP contribution in [0.1, 0.15) is 29.3 Å². The van der Waals surface area contributed by atoms with Gasteiger partial charge in [0.15, 0.2) is 5.76 Å². The van der Waals surface area contributed by atoms with E-state index in [1.165, 1.54) is 19.2 Å². The van der Waals surface area contributed by atoms with Crippen LogP contribution in [0.25, 0.3) is 11.0 Å². The molecule has 0 radical (unpaired) electrons. The molecule has 1 aromatic heterocycles. The summed E-state index contributed by atoms with van der Waals surface area (Å²) >= 11 is 0. The van der Waals surface area contributed by atoms with Gasteiger partial charge in [0.2, 0.25) is 16.3 Å². The number of sulfonamides is 1. The second kappa shape index (κ2) is 14.4. The highest BCUT2D eigenvalue weighted by Gasteiger charge is 2.30. The molecule has 2 heterocycles. The van der Waals surface area contributed by atoms with Crippen LogP contribution in [0.15, 0.2) is 89.5 Å². The largest absolute Gasteiger partial charge is 0.497 e. The lowest BCUT2D eigenvalue weighted by Crippen LogP contribution is -2.38. The van der Waals surface area contributed by atoms with Crippen molar-refractivity contribution in [2.24, 2.45) is 0 Å². The molecule has 4 aromatic rings. The molecule has 0 spiro atoms. The zero-order chi connectivity index (χ0) is 31.8. The van der Waals surface area contributed by atoms with E-state index in [1.807, 2.05) is 48.5 Å². The average molecular weight is 631 g/mol. The van der Waals surface area contributed by atoms with E-state index in [1.54, 1.807) is 18.2 Å². The number of allylic oxidation sites excluding steroid dienone is 1. The Kier molecular flexibility index (Phi) is 10.2. The Labute approximate surface area is 261 Å². The van der Waals surface area contributed by atoms with Crippen molar-refractivity contribution < 1.29 is 32.5 Å². The zero-order valence-corrected chi connectivity index (χ0v) is 25.5. The van der Waals surface area contributed by atoms with Crippen molar-refractivity contribution in [2.45, 2.75) is 30.1 Å². The quantitative estimate of drug-likeness (QED) is 0.191. The summed E-state index contributed by atoms with van der Waals surface area (Å²) in [5, 5.41) is 12.4. The normalized spacial score (nSPS) is 16.5. The first-order valence-corrected chi connectivity index (χ1v) is 15.8. The van der Waals surface area contributed by atoms with Gasteiger partial charge < -0.3 is 29.6 Å². The lowest BCUT2D eigenvalue weighted by Gasteiger charge is -2.30. The number of carbonyl (C=O) groups excluding carboxylic acids is 1. The Bertz CT molecular complexity index is 1760. The number of aliphatic hydroxyl groups is 1. The van der Waals surface area contributed by atoms with Crippen LogP contribution < -0.4 is 10.1 Å². The monoisotopic (exact) mass is 630 g/mol. The minimum Gasteiger partial charge on any atom is -0.497 e. The Morgan fingerprint density at radius 1 is 1.13 bits per heavy atom. The van der Waals surface area contributed by atoms with E-state index in [9.17, 15) is 18.3 Å². The van der Waals surface area contributed by atoms with E-state index in [0.717, 1.165) is 26.5 Å². The molecule has 0 saturated heterocycles. The van der Waals surface area contributed by atoms with Crippen molar-refractivity contribution in [1.82, 2.24) is 19.6 Å². The minimum atomic E-state index is -3.92. The van der Waals surface area contributed by atoms with Crippen LogP contribution in [0.5, 0.6) is 5.75 Å². The third kappa shape index (κ3) is 7.71. The molecule has 3 N–H and O–H groups in total. The van der Waals surface area contributed by atoms with E-state index in [2.05, 4.69) is 21.2 Å². The van der Waals surface area contributed by atoms with Gasteiger partial charge in [-0.3, -0.25) is 4.79 Å². The fourth-order valence-corrected chi connectivity index (χ4v) is 6.38. The van der Waals surface area contributed by atoms with Gasteiger partial charge in [-0.05, 0) is 60.2 Å². The Morgan fingerprint density at radius 3 is 2.58 bits per heavy atom. The average Bonchev–Trinajstić information content (AvgIpc) is 3.50. The fourth-order valence-electron chi connectivity index (χ4n) is 4.96. The number of aromatic nitrogens is 2. The number of ether oxygens (including phenoxy) is 3. The maximum atomic E-state index is 13.3. The fraction of sp³-hybridized carbons (Fsp3) is 0.273. The highest BCUT2D eigenvalue weighted by atomic mass is 32.2. The number of hydrogen-bond donors (Lipinski definition) is 3. The molecule has 45 heavy (non-hydrogen) atoms. The third-order valence-corrected chi connectivity index (χ3v) is 9.25. The number of fused-ring (bicyclic) bond motifs is 1. The third-order valence-electron chi connectivity index (χ3n) is 7.33. The Hall–Kier alpha value is -4.67. The summed E-state index contributed by atoms with van der Waals surface area (Å²) in [6.45, 7) is -0.434. The number of nitrogens with one attached hydrogen (secondary N) is 2. The summed E-state index contributed by atoms with van der Waals surface area (Å²) in [6, 6.07) is 21.0. The number of amides is 1. The number of hydrogen-bond acceptors (Lipinski definition) is 8. The molecule has 1 amide bonds. The molecule has 0 saturated carbocycles. The van der Waals surface area contributed by atoms with E-state index in [-0.39, 0.29) is 49.4 Å². The van der Waals surface area contributed by atoms with Crippen LogP contribution in [-0.4, -0.2) is 73.4 Å². The molecule has 1 aliphatic heterocycles. The number of nitrogens with zero attached hydrogens (tertiary/aromatic N) is 2.